The number of aromatic nitrogens is 1. The Morgan fingerprint density at radius 3 is 2.61 bits per heavy atom. The first-order valence-corrected chi connectivity index (χ1v) is 9.95. The molecule has 7 nitrogen and oxygen atoms in total. The van der Waals surface area contributed by atoms with Crippen molar-refractivity contribution in [2.24, 2.45) is 0 Å². The summed E-state index contributed by atoms with van der Waals surface area (Å²) < 4.78 is 24.4. The van der Waals surface area contributed by atoms with Crippen LogP contribution < -0.4 is 10.1 Å². The standard InChI is InChI=1S/C25H19FN2O5/c1-32-21-10-8-18(14-19(21)26)27-23(29)11-5-15-2-6-17(7-3-15)25-28-20-12-16(13-24(30)31)4-9-22(20)33-25/h2-12,14H,13H2,1H3,(H,27,29)(H,30,31)/b11-5+. The third-order valence-corrected chi connectivity index (χ3v) is 4.81. The summed E-state index contributed by atoms with van der Waals surface area (Å²) in [5, 5.41) is 11.5. The Bertz CT molecular complexity index is 1360. The van der Waals surface area contributed by atoms with Crippen LogP contribution in [0.5, 0.6) is 5.75 Å². The average Bonchev–Trinajstić information content (AvgIpc) is 3.21. The lowest BCUT2D eigenvalue weighted by Gasteiger charge is -2.05. The van der Waals surface area contributed by atoms with Crippen LogP contribution in [0.15, 0.2) is 71.2 Å². The normalized spacial score (nSPS) is 11.1. The van der Waals surface area contributed by atoms with Crippen LogP contribution in [-0.4, -0.2) is 29.1 Å². The van der Waals surface area contributed by atoms with E-state index in [1.54, 1.807) is 54.6 Å². The highest BCUT2D eigenvalue weighted by Crippen LogP contribution is 2.26. The topological polar surface area (TPSA) is 102 Å². The summed E-state index contributed by atoms with van der Waals surface area (Å²) in [5.41, 5.74) is 3.62. The van der Waals surface area contributed by atoms with Crippen molar-refractivity contribution in [1.82, 2.24) is 4.98 Å². The van der Waals surface area contributed by atoms with E-state index in [1.165, 1.54) is 25.3 Å². The molecule has 0 aliphatic heterocycles. The van der Waals surface area contributed by atoms with Crippen LogP contribution in [-0.2, 0) is 16.0 Å². The number of carboxylic acids is 1. The van der Waals surface area contributed by atoms with Gasteiger partial charge in [0.1, 0.15) is 5.52 Å². The molecule has 33 heavy (non-hydrogen) atoms. The molecule has 0 saturated carbocycles. The summed E-state index contributed by atoms with van der Waals surface area (Å²) in [6.07, 6.45) is 2.89. The number of hydrogen-bond donors (Lipinski definition) is 2. The van der Waals surface area contributed by atoms with Crippen molar-refractivity contribution in [3.63, 3.8) is 0 Å². The molecule has 0 spiro atoms. The largest absolute Gasteiger partial charge is 0.494 e. The molecule has 3 aromatic carbocycles. The first-order chi connectivity index (χ1) is 15.9. The molecular weight excluding hydrogens is 427 g/mol. The lowest BCUT2D eigenvalue weighted by molar-refractivity contribution is -0.136. The van der Waals surface area contributed by atoms with Crippen LogP contribution >= 0.6 is 0 Å². The highest BCUT2D eigenvalue weighted by Gasteiger charge is 2.10. The van der Waals surface area contributed by atoms with Gasteiger partial charge < -0.3 is 19.6 Å². The van der Waals surface area contributed by atoms with E-state index < -0.39 is 17.7 Å². The summed E-state index contributed by atoms with van der Waals surface area (Å²) in [4.78, 5) is 27.5. The van der Waals surface area contributed by atoms with E-state index in [0.717, 1.165) is 11.1 Å². The number of fused-ring (bicyclic) bond motifs is 1. The predicted molar refractivity (Wildman–Crippen MR) is 121 cm³/mol. The average molecular weight is 446 g/mol. The number of carboxylic acid groups (broad SMARTS) is 1. The number of aliphatic carboxylic acids is 1. The third-order valence-electron chi connectivity index (χ3n) is 4.81. The van der Waals surface area contributed by atoms with Crippen LogP contribution in [0.1, 0.15) is 11.1 Å². The lowest BCUT2D eigenvalue weighted by Crippen LogP contribution is -2.08. The highest BCUT2D eigenvalue weighted by atomic mass is 19.1. The Kier molecular flexibility index (Phi) is 6.17. The maximum absolute atomic E-state index is 13.7. The van der Waals surface area contributed by atoms with Gasteiger partial charge in [-0.15, -0.1) is 0 Å². The second kappa shape index (κ2) is 9.35. The Morgan fingerprint density at radius 2 is 1.91 bits per heavy atom. The molecule has 0 bridgehead atoms. The number of hydrogen-bond acceptors (Lipinski definition) is 5. The number of anilines is 1. The van der Waals surface area contributed by atoms with Crippen LogP contribution in [0.25, 0.3) is 28.6 Å². The number of carbonyl (C=O) groups excluding carboxylic acids is 1. The quantitative estimate of drug-likeness (QED) is 0.391. The second-order valence-electron chi connectivity index (χ2n) is 7.19. The fourth-order valence-corrected chi connectivity index (χ4v) is 3.22. The van der Waals surface area contributed by atoms with Gasteiger partial charge in [-0.1, -0.05) is 18.2 Å². The molecule has 4 rings (SSSR count). The molecule has 0 fully saturated rings. The number of halogens is 1. The number of rotatable bonds is 7. The van der Waals surface area contributed by atoms with Gasteiger partial charge in [0.2, 0.25) is 11.8 Å². The zero-order chi connectivity index (χ0) is 23.4. The molecule has 2 N–H and O–H groups in total. The molecule has 1 aromatic heterocycles. The summed E-state index contributed by atoms with van der Waals surface area (Å²) in [5.74, 6) is -1.37. The number of nitrogens with one attached hydrogen (secondary N) is 1. The van der Waals surface area contributed by atoms with E-state index in [0.29, 0.717) is 28.2 Å². The molecule has 8 heteroatoms. The van der Waals surface area contributed by atoms with Gasteiger partial charge in [0.15, 0.2) is 17.1 Å². The molecular formula is C25H19FN2O5. The molecule has 1 amide bonds. The number of nitrogens with zero attached hydrogens (tertiary/aromatic N) is 1. The number of methoxy groups -OCH3 is 1. The zero-order valence-electron chi connectivity index (χ0n) is 17.5. The van der Waals surface area contributed by atoms with Crippen molar-refractivity contribution in [1.29, 1.82) is 0 Å². The molecule has 0 atom stereocenters. The van der Waals surface area contributed by atoms with Gasteiger partial charge in [0.05, 0.1) is 13.5 Å². The molecule has 1 heterocycles. The van der Waals surface area contributed by atoms with E-state index in [1.807, 2.05) is 0 Å². The van der Waals surface area contributed by atoms with E-state index in [4.69, 9.17) is 14.3 Å². The maximum atomic E-state index is 13.7. The van der Waals surface area contributed by atoms with Crippen molar-refractivity contribution in [2.45, 2.75) is 6.42 Å². The summed E-state index contributed by atoms with van der Waals surface area (Å²) in [6, 6.07) is 16.5. The van der Waals surface area contributed by atoms with Gasteiger partial charge in [-0.05, 0) is 53.6 Å². The van der Waals surface area contributed by atoms with Crippen molar-refractivity contribution < 1.29 is 28.2 Å². The molecule has 0 unspecified atom stereocenters. The van der Waals surface area contributed by atoms with Crippen molar-refractivity contribution >= 4 is 34.7 Å². The molecule has 0 aliphatic carbocycles. The molecule has 0 saturated heterocycles. The van der Waals surface area contributed by atoms with Gasteiger partial charge in [-0.25, -0.2) is 9.37 Å². The second-order valence-corrected chi connectivity index (χ2v) is 7.19. The molecule has 0 aliphatic rings. The smallest absolute Gasteiger partial charge is 0.307 e. The SMILES string of the molecule is COc1ccc(NC(=O)/C=C/c2ccc(-c3nc4cc(CC(=O)O)ccc4o3)cc2)cc1F. The number of benzene rings is 3. The highest BCUT2D eigenvalue weighted by molar-refractivity contribution is 6.02. The first kappa shape index (κ1) is 21.8. The van der Waals surface area contributed by atoms with Crippen LogP contribution in [0.2, 0.25) is 0 Å². The fraction of sp³-hybridized carbons (Fsp3) is 0.0800. The number of ether oxygens (including phenoxy) is 1. The molecule has 166 valence electrons. The van der Waals surface area contributed by atoms with Gasteiger partial charge in [-0.3, -0.25) is 9.59 Å². The van der Waals surface area contributed by atoms with Crippen molar-refractivity contribution in [2.75, 3.05) is 12.4 Å². The fourth-order valence-electron chi connectivity index (χ4n) is 3.22. The van der Waals surface area contributed by atoms with Crippen LogP contribution in [0, 0.1) is 5.82 Å². The minimum atomic E-state index is -0.911. The van der Waals surface area contributed by atoms with Crippen LogP contribution in [0.4, 0.5) is 10.1 Å². The van der Waals surface area contributed by atoms with Gasteiger partial charge in [0, 0.05) is 23.4 Å². The van der Waals surface area contributed by atoms with Gasteiger partial charge in [-0.2, -0.15) is 0 Å². The van der Waals surface area contributed by atoms with E-state index in [2.05, 4.69) is 10.3 Å². The Balaban J connectivity index is 1.43. The van der Waals surface area contributed by atoms with Gasteiger partial charge >= 0.3 is 5.97 Å². The van der Waals surface area contributed by atoms with E-state index in [9.17, 15) is 14.0 Å². The Hall–Kier alpha value is -4.46. The van der Waals surface area contributed by atoms with Crippen LogP contribution in [0.3, 0.4) is 0 Å². The number of amides is 1. The van der Waals surface area contributed by atoms with Gasteiger partial charge in [0.25, 0.3) is 0 Å². The summed E-state index contributed by atoms with van der Waals surface area (Å²) >= 11 is 0. The van der Waals surface area contributed by atoms with E-state index in [-0.39, 0.29) is 12.2 Å². The summed E-state index contributed by atoms with van der Waals surface area (Å²) in [6.45, 7) is 0. The predicted octanol–water partition coefficient (Wildman–Crippen LogP) is 4.92. The number of carbonyl (C=O) groups is 2. The van der Waals surface area contributed by atoms with Crippen molar-refractivity contribution in [3.05, 3.63) is 83.7 Å². The van der Waals surface area contributed by atoms with E-state index >= 15 is 0 Å². The maximum Gasteiger partial charge on any atom is 0.307 e. The lowest BCUT2D eigenvalue weighted by atomic mass is 10.1. The Labute approximate surface area is 188 Å². The van der Waals surface area contributed by atoms with Crippen molar-refractivity contribution in [3.8, 4) is 17.2 Å². The Morgan fingerprint density at radius 1 is 1.12 bits per heavy atom. The minimum Gasteiger partial charge on any atom is -0.494 e. The molecule has 4 aromatic rings. The number of oxazole rings is 1. The zero-order valence-corrected chi connectivity index (χ0v) is 17.5. The minimum absolute atomic E-state index is 0.0832. The summed E-state index contributed by atoms with van der Waals surface area (Å²) in [7, 11) is 1.37. The molecule has 0 radical (unpaired) electrons. The first-order valence-electron chi connectivity index (χ1n) is 9.95. The monoisotopic (exact) mass is 446 g/mol. The third kappa shape index (κ3) is 5.24.